The molecule has 0 bridgehead atoms. The predicted octanol–water partition coefficient (Wildman–Crippen LogP) is -0.0562. The van der Waals surface area contributed by atoms with Crippen molar-refractivity contribution in [1.29, 1.82) is 0 Å². The summed E-state index contributed by atoms with van der Waals surface area (Å²) in [7, 11) is -4.61. The molecule has 0 unspecified atom stereocenters. The first-order chi connectivity index (χ1) is 9.25. The van der Waals surface area contributed by atoms with Crippen LogP contribution in [0.3, 0.4) is 0 Å². The Hall–Kier alpha value is -0.720. The molecular formula is C15H15NaO4S. The van der Waals surface area contributed by atoms with Crippen molar-refractivity contribution >= 4 is 16.4 Å². The Balaban J connectivity index is 0.00000220. The van der Waals surface area contributed by atoms with Gasteiger partial charge in [-0.1, -0.05) is 32.0 Å². The predicted molar refractivity (Wildman–Crippen MR) is 75.2 cm³/mol. The second-order valence-corrected chi connectivity index (χ2v) is 6.49. The topological polar surface area (TPSA) is 74.3 Å². The van der Waals surface area contributed by atoms with Crippen molar-refractivity contribution in [2.45, 2.75) is 31.6 Å². The van der Waals surface area contributed by atoms with Crippen molar-refractivity contribution < 1.29 is 47.3 Å². The van der Waals surface area contributed by atoms with Crippen LogP contribution in [-0.2, 0) is 10.1 Å². The van der Waals surface area contributed by atoms with E-state index in [1.54, 1.807) is 19.1 Å². The summed E-state index contributed by atoms with van der Waals surface area (Å²) in [6, 6.07) is 6.61. The van der Waals surface area contributed by atoms with Crippen LogP contribution in [0.25, 0.3) is 11.1 Å². The molecule has 0 heterocycles. The third-order valence-corrected chi connectivity index (χ3v) is 4.27. The van der Waals surface area contributed by atoms with Crippen LogP contribution in [0.2, 0.25) is 0 Å². The third-order valence-electron chi connectivity index (χ3n) is 3.41. The summed E-state index contributed by atoms with van der Waals surface area (Å²) in [5.74, 6) is 0.228. The largest absolute Gasteiger partial charge is 1.00 e. The fourth-order valence-corrected chi connectivity index (χ4v) is 3.10. The summed E-state index contributed by atoms with van der Waals surface area (Å²) < 4.78 is 34.1. The minimum atomic E-state index is -4.61. The number of fused-ring (bicyclic) bond motifs is 1. The summed E-state index contributed by atoms with van der Waals surface area (Å²) >= 11 is 0. The Morgan fingerprint density at radius 2 is 1.81 bits per heavy atom. The zero-order chi connectivity index (χ0) is 15.1. The number of hydrogen-bond donors (Lipinski definition) is 0. The van der Waals surface area contributed by atoms with Crippen molar-refractivity contribution in [2.75, 3.05) is 0 Å². The van der Waals surface area contributed by atoms with E-state index in [-0.39, 0.29) is 45.9 Å². The summed E-state index contributed by atoms with van der Waals surface area (Å²) in [4.78, 5) is 10.8. The van der Waals surface area contributed by atoms with Crippen LogP contribution in [0.1, 0.15) is 41.3 Å². The molecule has 0 N–H and O–H groups in total. The minimum Gasteiger partial charge on any atom is -0.744 e. The average Bonchev–Trinajstić information content (AvgIpc) is 2.63. The van der Waals surface area contributed by atoms with Crippen LogP contribution in [0.4, 0.5) is 0 Å². The normalized spacial score (nSPS) is 11.5. The monoisotopic (exact) mass is 314 g/mol. The molecule has 0 saturated heterocycles. The minimum absolute atomic E-state index is 0. The molecule has 4 nitrogen and oxygen atoms in total. The van der Waals surface area contributed by atoms with E-state index in [9.17, 15) is 17.8 Å². The van der Waals surface area contributed by atoms with Gasteiger partial charge in [-0.2, -0.15) is 0 Å². The molecule has 0 atom stereocenters. The molecule has 0 aromatic rings. The van der Waals surface area contributed by atoms with E-state index in [2.05, 4.69) is 0 Å². The number of aryl methyl sites for hydroxylation is 1. The molecule has 0 fully saturated rings. The number of carbonyl (C=O) groups excluding carboxylic acids is 1. The first-order valence-corrected chi connectivity index (χ1v) is 7.65. The van der Waals surface area contributed by atoms with Crippen molar-refractivity contribution in [1.82, 2.24) is 0 Å². The molecule has 2 rings (SSSR count). The third kappa shape index (κ3) is 3.55. The van der Waals surface area contributed by atoms with Crippen LogP contribution in [0, 0.1) is 6.92 Å². The van der Waals surface area contributed by atoms with Crippen LogP contribution < -0.4 is 29.6 Å². The molecule has 6 heteroatoms. The number of hydrogen-bond acceptors (Lipinski definition) is 4. The Morgan fingerprint density at radius 3 is 2.29 bits per heavy atom. The van der Waals surface area contributed by atoms with E-state index in [4.69, 9.17) is 0 Å². The smallest absolute Gasteiger partial charge is 0.744 e. The Kier molecular flexibility index (Phi) is 5.75. The summed E-state index contributed by atoms with van der Waals surface area (Å²) in [6.45, 7) is 5.74. The molecule has 21 heavy (non-hydrogen) atoms. The summed E-state index contributed by atoms with van der Waals surface area (Å²) in [6.07, 6.45) is 0.584. The van der Waals surface area contributed by atoms with Gasteiger partial charge < -0.3 is 4.55 Å². The van der Waals surface area contributed by atoms with Gasteiger partial charge in [0, 0.05) is 11.1 Å². The molecular weight excluding hydrogens is 299 g/mol. The standard InChI is InChI=1S/C15H16O4S.Na/c1-9(2)11-5-4-10(3)15-13(6-11)12(8-16)7-14(15)20(17,18)19;/h4-9H,1-3H3,(H,17,18,19);/q;+1/p-1. The maximum absolute atomic E-state index is 11.4. The first-order valence-electron chi connectivity index (χ1n) is 6.24. The number of carbonyl (C=O) groups is 1. The van der Waals surface area contributed by atoms with Crippen molar-refractivity contribution in [2.24, 2.45) is 0 Å². The number of rotatable bonds is 3. The van der Waals surface area contributed by atoms with Gasteiger partial charge in [0.2, 0.25) is 0 Å². The van der Waals surface area contributed by atoms with Gasteiger partial charge in [-0.05, 0) is 35.6 Å². The van der Waals surface area contributed by atoms with Gasteiger partial charge in [0.1, 0.15) is 10.1 Å². The zero-order valence-electron chi connectivity index (χ0n) is 12.5. The molecule has 106 valence electrons. The fraction of sp³-hybridized carbons (Fsp3) is 0.267. The zero-order valence-corrected chi connectivity index (χ0v) is 15.3. The van der Waals surface area contributed by atoms with E-state index in [1.807, 2.05) is 19.9 Å². The molecule has 0 aromatic carbocycles. The van der Waals surface area contributed by atoms with Crippen LogP contribution in [0.5, 0.6) is 0 Å². The van der Waals surface area contributed by atoms with Gasteiger partial charge in [0.05, 0.1) is 4.90 Å². The van der Waals surface area contributed by atoms with E-state index < -0.39 is 10.1 Å². The maximum Gasteiger partial charge on any atom is 1.00 e. The van der Waals surface area contributed by atoms with Gasteiger partial charge in [0.25, 0.3) is 0 Å². The Bertz CT molecular complexity index is 751. The summed E-state index contributed by atoms with van der Waals surface area (Å²) in [5, 5.41) is 0. The molecule has 0 amide bonds. The van der Waals surface area contributed by atoms with Gasteiger partial charge >= 0.3 is 29.6 Å². The quantitative estimate of drug-likeness (QED) is 0.452. The Morgan fingerprint density at radius 1 is 1.19 bits per heavy atom. The number of aldehydes is 1. The van der Waals surface area contributed by atoms with Crippen molar-refractivity contribution in [3.8, 4) is 11.1 Å². The second-order valence-electron chi connectivity index (χ2n) is 5.14. The average molecular weight is 314 g/mol. The van der Waals surface area contributed by atoms with Gasteiger partial charge in [-0.3, -0.25) is 4.79 Å². The molecule has 2 aliphatic carbocycles. The van der Waals surface area contributed by atoms with Gasteiger partial charge in [-0.25, -0.2) is 8.42 Å². The van der Waals surface area contributed by atoms with Crippen LogP contribution >= 0.6 is 0 Å². The summed E-state index contributed by atoms with van der Waals surface area (Å²) in [5.41, 5.74) is 2.73. The van der Waals surface area contributed by atoms with Gasteiger partial charge in [0.15, 0.2) is 6.29 Å². The SMILES string of the molecule is Cc1ccc(C(C)C)cc2c(C=O)cc(S(=O)(=O)[O-])c1-2.[Na+]. The van der Waals surface area contributed by atoms with Crippen LogP contribution in [0.15, 0.2) is 29.2 Å². The Labute approximate surface area is 146 Å². The van der Waals surface area contributed by atoms with Crippen LogP contribution in [-0.4, -0.2) is 19.3 Å². The molecule has 0 radical (unpaired) electrons. The first kappa shape index (κ1) is 18.3. The molecule has 0 saturated carbocycles. The fourth-order valence-electron chi connectivity index (χ4n) is 2.30. The van der Waals surface area contributed by atoms with E-state index >= 15 is 0 Å². The van der Waals surface area contributed by atoms with E-state index in [1.165, 1.54) is 0 Å². The van der Waals surface area contributed by atoms with Crippen molar-refractivity contribution in [3.05, 3.63) is 41.0 Å². The molecule has 2 aliphatic rings. The molecule has 0 aliphatic heterocycles. The van der Waals surface area contributed by atoms with Gasteiger partial charge in [-0.15, -0.1) is 0 Å². The van der Waals surface area contributed by atoms with E-state index in [0.29, 0.717) is 23.0 Å². The maximum atomic E-state index is 11.4. The van der Waals surface area contributed by atoms with E-state index in [0.717, 1.165) is 11.6 Å². The van der Waals surface area contributed by atoms with Crippen molar-refractivity contribution in [3.63, 3.8) is 0 Å². The second kappa shape index (κ2) is 6.58. The molecule has 0 spiro atoms. The molecule has 0 aromatic heterocycles.